The van der Waals surface area contributed by atoms with Crippen LogP contribution in [0.25, 0.3) is 11.3 Å². The Morgan fingerprint density at radius 1 is 1.41 bits per heavy atom. The van der Waals surface area contributed by atoms with Gasteiger partial charge in [0.05, 0.1) is 18.8 Å². The molecule has 0 saturated heterocycles. The first kappa shape index (κ1) is 12.0. The second-order valence-electron chi connectivity index (χ2n) is 3.55. The van der Waals surface area contributed by atoms with Crippen molar-refractivity contribution in [3.05, 3.63) is 35.0 Å². The molecule has 1 heterocycles. The van der Waals surface area contributed by atoms with E-state index >= 15 is 0 Å². The molecular weight excluding hydrogens is 240 g/mol. The minimum absolute atomic E-state index is 0.000930. The fraction of sp³-hybridized carbons (Fsp3) is 0.273. The summed E-state index contributed by atoms with van der Waals surface area (Å²) in [5, 5.41) is 17.6. The average Bonchev–Trinajstić information content (AvgIpc) is 2.72. The summed E-state index contributed by atoms with van der Waals surface area (Å²) in [5.74, 6) is 0. The Kier molecular flexibility index (Phi) is 3.73. The number of benzene rings is 1. The number of aliphatic hydroxyl groups excluding tert-OH is 1. The third-order valence-electron chi connectivity index (χ3n) is 2.41. The topological polar surface area (TPSA) is 77.0 Å². The normalized spacial score (nSPS) is 10.8. The highest BCUT2D eigenvalue weighted by atomic mass is 35.5. The van der Waals surface area contributed by atoms with Crippen LogP contribution in [0.1, 0.15) is 5.69 Å². The number of halogens is 1. The van der Waals surface area contributed by atoms with Gasteiger partial charge in [-0.1, -0.05) is 28.9 Å². The van der Waals surface area contributed by atoms with Crippen LogP contribution in [0.4, 0.5) is 0 Å². The van der Waals surface area contributed by atoms with E-state index in [1.807, 2.05) is 18.2 Å². The summed E-state index contributed by atoms with van der Waals surface area (Å²) < 4.78 is 1.63. The summed E-state index contributed by atoms with van der Waals surface area (Å²) in [6, 6.07) is 7.40. The molecule has 2 rings (SSSR count). The molecule has 0 aliphatic carbocycles. The minimum atomic E-state index is 0.000930. The number of nitrogens with two attached hydrogens (primary N) is 1. The molecule has 0 saturated carbocycles. The highest BCUT2D eigenvalue weighted by molar-refractivity contribution is 6.30. The van der Waals surface area contributed by atoms with Crippen LogP contribution in [-0.2, 0) is 13.1 Å². The molecule has 0 amide bonds. The molecule has 0 aliphatic heterocycles. The van der Waals surface area contributed by atoms with E-state index in [1.165, 1.54) is 0 Å². The van der Waals surface area contributed by atoms with E-state index in [4.69, 9.17) is 22.4 Å². The first-order chi connectivity index (χ1) is 8.26. The largest absolute Gasteiger partial charge is 0.394 e. The molecular formula is C11H13ClN4O. The molecule has 0 radical (unpaired) electrons. The second-order valence-corrected chi connectivity index (χ2v) is 3.98. The van der Waals surface area contributed by atoms with E-state index in [9.17, 15) is 0 Å². The fourth-order valence-electron chi connectivity index (χ4n) is 1.69. The molecule has 2 aromatic rings. The molecule has 17 heavy (non-hydrogen) atoms. The molecule has 3 N–H and O–H groups in total. The Hall–Kier alpha value is -1.43. The lowest BCUT2D eigenvalue weighted by Crippen LogP contribution is -2.07. The van der Waals surface area contributed by atoms with Gasteiger partial charge in [-0.3, -0.25) is 0 Å². The standard InChI is InChI=1S/C11H13ClN4O/c12-9-3-1-2-8(6-9)11-10(7-13)14-15-16(11)4-5-17/h1-3,6,17H,4-5,7,13H2. The first-order valence-electron chi connectivity index (χ1n) is 5.25. The van der Waals surface area contributed by atoms with Gasteiger partial charge in [0, 0.05) is 17.1 Å². The van der Waals surface area contributed by atoms with Crippen molar-refractivity contribution in [2.75, 3.05) is 6.61 Å². The lowest BCUT2D eigenvalue weighted by atomic mass is 10.1. The van der Waals surface area contributed by atoms with Crippen LogP contribution >= 0.6 is 11.6 Å². The van der Waals surface area contributed by atoms with Gasteiger partial charge in [0.2, 0.25) is 0 Å². The van der Waals surface area contributed by atoms with E-state index in [0.717, 1.165) is 11.3 Å². The SMILES string of the molecule is NCc1nnn(CCO)c1-c1cccc(Cl)c1. The summed E-state index contributed by atoms with van der Waals surface area (Å²) in [6.07, 6.45) is 0. The Balaban J connectivity index is 2.51. The van der Waals surface area contributed by atoms with Crippen molar-refractivity contribution in [3.63, 3.8) is 0 Å². The molecule has 90 valence electrons. The van der Waals surface area contributed by atoms with Gasteiger partial charge in [0.25, 0.3) is 0 Å². The fourth-order valence-corrected chi connectivity index (χ4v) is 1.88. The highest BCUT2D eigenvalue weighted by Crippen LogP contribution is 2.24. The number of nitrogens with zero attached hydrogens (tertiary/aromatic N) is 3. The summed E-state index contributed by atoms with van der Waals surface area (Å²) >= 11 is 5.96. The van der Waals surface area contributed by atoms with Gasteiger partial charge in [-0.05, 0) is 12.1 Å². The Labute approximate surface area is 104 Å². The number of hydrogen-bond donors (Lipinski definition) is 2. The minimum Gasteiger partial charge on any atom is -0.394 e. The van der Waals surface area contributed by atoms with Crippen molar-refractivity contribution in [1.29, 1.82) is 0 Å². The molecule has 0 atom stereocenters. The van der Waals surface area contributed by atoms with Crippen molar-refractivity contribution in [3.8, 4) is 11.3 Å². The van der Waals surface area contributed by atoms with Crippen molar-refractivity contribution >= 4 is 11.6 Å². The molecule has 0 unspecified atom stereocenters. The molecule has 0 spiro atoms. The third kappa shape index (κ3) is 2.46. The molecule has 6 heteroatoms. The zero-order chi connectivity index (χ0) is 12.3. The van der Waals surface area contributed by atoms with E-state index in [0.29, 0.717) is 23.8 Å². The second kappa shape index (κ2) is 5.27. The number of hydrogen-bond acceptors (Lipinski definition) is 4. The maximum absolute atomic E-state index is 8.98. The summed E-state index contributed by atoms with van der Waals surface area (Å²) in [5.41, 5.74) is 8.03. The molecule has 0 fully saturated rings. The Morgan fingerprint density at radius 3 is 2.88 bits per heavy atom. The van der Waals surface area contributed by atoms with Gasteiger partial charge < -0.3 is 10.8 Å². The molecule has 1 aromatic heterocycles. The zero-order valence-electron chi connectivity index (χ0n) is 9.17. The first-order valence-corrected chi connectivity index (χ1v) is 5.63. The number of aliphatic hydroxyl groups is 1. The predicted octanol–water partition coefficient (Wildman–Crippen LogP) is 1.05. The smallest absolute Gasteiger partial charge is 0.104 e. The summed E-state index contributed by atoms with van der Waals surface area (Å²) in [7, 11) is 0. The molecule has 1 aromatic carbocycles. The van der Waals surface area contributed by atoms with Crippen LogP contribution in [0.2, 0.25) is 5.02 Å². The van der Waals surface area contributed by atoms with Gasteiger partial charge in [-0.25, -0.2) is 4.68 Å². The van der Waals surface area contributed by atoms with E-state index in [2.05, 4.69) is 10.3 Å². The van der Waals surface area contributed by atoms with Crippen molar-refractivity contribution < 1.29 is 5.11 Å². The maximum Gasteiger partial charge on any atom is 0.104 e. The molecule has 0 aliphatic rings. The van der Waals surface area contributed by atoms with Crippen molar-refractivity contribution in [2.45, 2.75) is 13.1 Å². The van der Waals surface area contributed by atoms with Crippen LogP contribution < -0.4 is 5.73 Å². The van der Waals surface area contributed by atoms with Gasteiger partial charge in [0.15, 0.2) is 0 Å². The average molecular weight is 253 g/mol. The Morgan fingerprint density at radius 2 is 2.24 bits per heavy atom. The molecule has 0 bridgehead atoms. The van der Waals surface area contributed by atoms with Gasteiger partial charge >= 0.3 is 0 Å². The van der Waals surface area contributed by atoms with E-state index in [1.54, 1.807) is 10.7 Å². The van der Waals surface area contributed by atoms with Crippen LogP contribution in [0.5, 0.6) is 0 Å². The van der Waals surface area contributed by atoms with E-state index in [-0.39, 0.29) is 6.61 Å². The summed E-state index contributed by atoms with van der Waals surface area (Å²) in [4.78, 5) is 0. The van der Waals surface area contributed by atoms with Gasteiger partial charge in [0.1, 0.15) is 5.69 Å². The van der Waals surface area contributed by atoms with Crippen LogP contribution in [-0.4, -0.2) is 26.7 Å². The van der Waals surface area contributed by atoms with Gasteiger partial charge in [-0.15, -0.1) is 5.10 Å². The summed E-state index contributed by atoms with van der Waals surface area (Å²) in [6.45, 7) is 0.684. The lowest BCUT2D eigenvalue weighted by molar-refractivity contribution is 0.269. The quantitative estimate of drug-likeness (QED) is 0.853. The third-order valence-corrected chi connectivity index (χ3v) is 2.64. The van der Waals surface area contributed by atoms with Gasteiger partial charge in [-0.2, -0.15) is 0 Å². The number of rotatable bonds is 4. The van der Waals surface area contributed by atoms with E-state index < -0.39 is 0 Å². The highest BCUT2D eigenvalue weighted by Gasteiger charge is 2.13. The number of aromatic nitrogens is 3. The maximum atomic E-state index is 8.98. The van der Waals surface area contributed by atoms with Crippen LogP contribution in [0.3, 0.4) is 0 Å². The monoisotopic (exact) mass is 252 g/mol. The lowest BCUT2D eigenvalue weighted by Gasteiger charge is -2.06. The zero-order valence-corrected chi connectivity index (χ0v) is 9.93. The predicted molar refractivity (Wildman–Crippen MR) is 65.4 cm³/mol. The van der Waals surface area contributed by atoms with Crippen LogP contribution in [0.15, 0.2) is 24.3 Å². The Bertz CT molecular complexity index is 512. The van der Waals surface area contributed by atoms with Crippen LogP contribution in [0, 0.1) is 0 Å². The van der Waals surface area contributed by atoms with Crippen molar-refractivity contribution in [1.82, 2.24) is 15.0 Å². The molecule has 5 nitrogen and oxygen atoms in total. The van der Waals surface area contributed by atoms with Crippen molar-refractivity contribution in [2.24, 2.45) is 5.73 Å².